The van der Waals surface area contributed by atoms with Crippen molar-refractivity contribution in [3.63, 3.8) is 0 Å². The summed E-state index contributed by atoms with van der Waals surface area (Å²) in [5.41, 5.74) is 2.36. The van der Waals surface area contributed by atoms with Crippen molar-refractivity contribution in [1.29, 1.82) is 0 Å². The minimum absolute atomic E-state index is 0.916. The minimum Gasteiger partial charge on any atom is -0.345 e. The van der Waals surface area contributed by atoms with Crippen LogP contribution in [-0.2, 0) is 6.42 Å². The fraction of sp³-hybridized carbons (Fsp3) is 0.200. The molecule has 66 valence electrons. The van der Waals surface area contributed by atoms with Gasteiger partial charge in [0.2, 0.25) is 0 Å². The van der Waals surface area contributed by atoms with Crippen molar-refractivity contribution in [2.75, 3.05) is 0 Å². The van der Waals surface area contributed by atoms with E-state index in [4.69, 9.17) is 0 Å². The largest absolute Gasteiger partial charge is 0.345 e. The van der Waals surface area contributed by atoms with E-state index in [2.05, 4.69) is 21.9 Å². The second-order valence-corrected chi connectivity index (χ2v) is 2.82. The van der Waals surface area contributed by atoms with Crippen LogP contribution in [0.1, 0.15) is 12.5 Å². The molecule has 2 heterocycles. The van der Waals surface area contributed by atoms with Gasteiger partial charge in [0.05, 0.1) is 0 Å². The molecule has 0 aliphatic heterocycles. The molecule has 0 radical (unpaired) electrons. The summed E-state index contributed by atoms with van der Waals surface area (Å²) in [6.07, 6.45) is 8.24. The van der Waals surface area contributed by atoms with E-state index in [1.54, 1.807) is 12.4 Å². The highest BCUT2D eigenvalue weighted by Gasteiger charge is 2.04. The summed E-state index contributed by atoms with van der Waals surface area (Å²) >= 11 is 0. The van der Waals surface area contributed by atoms with Crippen molar-refractivity contribution in [3.8, 4) is 11.4 Å². The molecule has 0 bridgehead atoms. The first-order valence-corrected chi connectivity index (χ1v) is 4.34. The Balaban J connectivity index is 2.51. The summed E-state index contributed by atoms with van der Waals surface area (Å²) in [6, 6.07) is 1.98. The zero-order chi connectivity index (χ0) is 9.10. The summed E-state index contributed by atoms with van der Waals surface area (Å²) in [7, 11) is 0. The number of rotatable bonds is 2. The number of H-pyrrole nitrogens is 1. The van der Waals surface area contributed by atoms with Crippen molar-refractivity contribution in [3.05, 3.63) is 36.4 Å². The quantitative estimate of drug-likeness (QED) is 0.755. The molecule has 3 heteroatoms. The number of aromatic amines is 1. The lowest BCUT2D eigenvalue weighted by molar-refractivity contribution is 1.09. The van der Waals surface area contributed by atoms with Gasteiger partial charge in [0, 0.05) is 30.4 Å². The van der Waals surface area contributed by atoms with Crippen molar-refractivity contribution < 1.29 is 0 Å². The number of aryl methyl sites for hydroxylation is 1. The lowest BCUT2D eigenvalue weighted by Crippen LogP contribution is -1.89. The number of nitrogens with one attached hydrogen (secondary N) is 1. The zero-order valence-electron chi connectivity index (χ0n) is 7.49. The molecule has 0 fully saturated rings. The summed E-state index contributed by atoms with van der Waals surface area (Å²) in [4.78, 5) is 11.4. The molecule has 0 aliphatic carbocycles. The van der Waals surface area contributed by atoms with Crippen molar-refractivity contribution in [2.24, 2.45) is 0 Å². The highest BCUT2D eigenvalue weighted by molar-refractivity contribution is 5.58. The van der Waals surface area contributed by atoms with Gasteiger partial charge in [-0.3, -0.25) is 4.98 Å². The van der Waals surface area contributed by atoms with E-state index in [1.807, 2.05) is 18.5 Å². The summed E-state index contributed by atoms with van der Waals surface area (Å²) in [5.74, 6) is 0.916. The molecule has 0 unspecified atom stereocenters. The van der Waals surface area contributed by atoms with Gasteiger partial charge < -0.3 is 4.98 Å². The minimum atomic E-state index is 0.916. The number of hydrogen-bond acceptors (Lipinski definition) is 2. The molecule has 2 aromatic rings. The monoisotopic (exact) mass is 173 g/mol. The van der Waals surface area contributed by atoms with Gasteiger partial charge >= 0.3 is 0 Å². The fourth-order valence-electron chi connectivity index (χ4n) is 1.35. The average Bonchev–Trinajstić information content (AvgIpc) is 2.70. The lowest BCUT2D eigenvalue weighted by atomic mass is 10.1. The standard InChI is InChI=1S/C10H11N3/c1-2-8-7-11-4-3-9(8)10-12-5-6-13-10/h3-7H,2H2,1H3,(H,12,13). The Morgan fingerprint density at radius 3 is 3.00 bits per heavy atom. The molecular weight excluding hydrogens is 162 g/mol. The Morgan fingerprint density at radius 2 is 2.31 bits per heavy atom. The maximum Gasteiger partial charge on any atom is 0.137 e. The van der Waals surface area contributed by atoms with Crippen LogP contribution >= 0.6 is 0 Å². The maximum atomic E-state index is 4.21. The smallest absolute Gasteiger partial charge is 0.137 e. The summed E-state index contributed by atoms with van der Waals surface area (Å²) < 4.78 is 0. The van der Waals surface area contributed by atoms with E-state index in [0.717, 1.165) is 17.8 Å². The molecule has 13 heavy (non-hydrogen) atoms. The van der Waals surface area contributed by atoms with Crippen LogP contribution in [0.25, 0.3) is 11.4 Å². The molecule has 0 saturated carbocycles. The van der Waals surface area contributed by atoms with Gasteiger partial charge in [-0.2, -0.15) is 0 Å². The van der Waals surface area contributed by atoms with E-state index >= 15 is 0 Å². The summed E-state index contributed by atoms with van der Waals surface area (Å²) in [6.45, 7) is 2.11. The fourth-order valence-corrected chi connectivity index (χ4v) is 1.35. The van der Waals surface area contributed by atoms with Crippen molar-refractivity contribution in [2.45, 2.75) is 13.3 Å². The molecular formula is C10H11N3. The van der Waals surface area contributed by atoms with Gasteiger partial charge in [0.25, 0.3) is 0 Å². The van der Waals surface area contributed by atoms with Gasteiger partial charge in [0.15, 0.2) is 0 Å². The Bertz CT molecular complexity index is 379. The molecule has 0 saturated heterocycles. The van der Waals surface area contributed by atoms with Crippen LogP contribution in [0.2, 0.25) is 0 Å². The topological polar surface area (TPSA) is 41.6 Å². The molecule has 0 amide bonds. The van der Waals surface area contributed by atoms with Gasteiger partial charge in [-0.05, 0) is 18.1 Å². The highest BCUT2D eigenvalue weighted by Crippen LogP contribution is 2.18. The first-order chi connectivity index (χ1) is 6.42. The average molecular weight is 173 g/mol. The highest BCUT2D eigenvalue weighted by atomic mass is 14.9. The number of nitrogens with zero attached hydrogens (tertiary/aromatic N) is 2. The van der Waals surface area contributed by atoms with Crippen LogP contribution in [0.3, 0.4) is 0 Å². The third-order valence-electron chi connectivity index (χ3n) is 2.04. The molecule has 0 atom stereocenters. The molecule has 0 spiro atoms. The predicted octanol–water partition coefficient (Wildman–Crippen LogP) is 2.03. The molecule has 1 N–H and O–H groups in total. The Morgan fingerprint density at radius 1 is 1.38 bits per heavy atom. The van der Waals surface area contributed by atoms with E-state index in [0.29, 0.717) is 0 Å². The van der Waals surface area contributed by atoms with Crippen LogP contribution in [0.4, 0.5) is 0 Å². The first kappa shape index (κ1) is 7.98. The maximum absolute atomic E-state index is 4.21. The number of pyridine rings is 1. The SMILES string of the molecule is CCc1cnccc1-c1ncc[nH]1. The van der Waals surface area contributed by atoms with E-state index in [1.165, 1.54) is 5.56 Å². The molecule has 2 aromatic heterocycles. The molecule has 0 aromatic carbocycles. The van der Waals surface area contributed by atoms with Gasteiger partial charge in [-0.25, -0.2) is 4.98 Å². The Kier molecular flexibility index (Phi) is 2.08. The predicted molar refractivity (Wildman–Crippen MR) is 51.2 cm³/mol. The number of hydrogen-bond donors (Lipinski definition) is 1. The van der Waals surface area contributed by atoms with E-state index in [9.17, 15) is 0 Å². The van der Waals surface area contributed by atoms with Crippen LogP contribution < -0.4 is 0 Å². The van der Waals surface area contributed by atoms with Crippen LogP contribution in [0.5, 0.6) is 0 Å². The molecule has 2 rings (SSSR count). The van der Waals surface area contributed by atoms with Gasteiger partial charge in [-0.15, -0.1) is 0 Å². The lowest BCUT2D eigenvalue weighted by Gasteiger charge is -2.02. The third-order valence-corrected chi connectivity index (χ3v) is 2.04. The number of imidazole rings is 1. The molecule has 3 nitrogen and oxygen atoms in total. The van der Waals surface area contributed by atoms with E-state index < -0.39 is 0 Å². The first-order valence-electron chi connectivity index (χ1n) is 4.34. The van der Waals surface area contributed by atoms with E-state index in [-0.39, 0.29) is 0 Å². The third kappa shape index (κ3) is 1.45. The van der Waals surface area contributed by atoms with Crippen molar-refractivity contribution in [1.82, 2.24) is 15.0 Å². The molecule has 0 aliphatic rings. The second kappa shape index (κ2) is 3.39. The van der Waals surface area contributed by atoms with Crippen LogP contribution in [0.15, 0.2) is 30.9 Å². The second-order valence-electron chi connectivity index (χ2n) is 2.82. The van der Waals surface area contributed by atoms with Gasteiger partial charge in [-0.1, -0.05) is 6.92 Å². The van der Waals surface area contributed by atoms with Crippen LogP contribution in [0, 0.1) is 0 Å². The Labute approximate surface area is 76.9 Å². The number of aromatic nitrogens is 3. The Hall–Kier alpha value is -1.64. The summed E-state index contributed by atoms with van der Waals surface area (Å²) in [5, 5.41) is 0. The normalized spacial score (nSPS) is 10.2. The van der Waals surface area contributed by atoms with Gasteiger partial charge in [0.1, 0.15) is 5.82 Å². The zero-order valence-corrected chi connectivity index (χ0v) is 7.49. The van der Waals surface area contributed by atoms with Crippen LogP contribution in [-0.4, -0.2) is 15.0 Å². The van der Waals surface area contributed by atoms with Crippen molar-refractivity contribution >= 4 is 0 Å².